The standard InChI is InChI=1S/C15H30O2S.Na/c1-2-3-4-5-6-7-8-9-10-11-13-18-14-12-15(16)17;/h2-14H2,1H3,(H,16,17);/q;+1/p-1. The number of hydrogen-bond acceptors (Lipinski definition) is 3. The van der Waals surface area contributed by atoms with Crippen molar-refractivity contribution in [1.29, 1.82) is 0 Å². The van der Waals surface area contributed by atoms with Crippen LogP contribution in [0.4, 0.5) is 0 Å². The zero-order chi connectivity index (χ0) is 13.5. The average Bonchev–Trinajstić information content (AvgIpc) is 2.34. The normalized spacial score (nSPS) is 10.2. The van der Waals surface area contributed by atoms with Gasteiger partial charge in [-0.05, 0) is 24.3 Å². The van der Waals surface area contributed by atoms with E-state index in [4.69, 9.17) is 0 Å². The van der Waals surface area contributed by atoms with E-state index in [1.807, 2.05) is 0 Å². The maximum absolute atomic E-state index is 10.2. The predicted molar refractivity (Wildman–Crippen MR) is 78.8 cm³/mol. The topological polar surface area (TPSA) is 40.1 Å². The molecule has 0 aliphatic rings. The van der Waals surface area contributed by atoms with Gasteiger partial charge in [0, 0.05) is 5.97 Å². The van der Waals surface area contributed by atoms with Crippen LogP contribution in [0.25, 0.3) is 0 Å². The number of rotatable bonds is 14. The van der Waals surface area contributed by atoms with E-state index in [0.29, 0.717) is 5.75 Å². The minimum atomic E-state index is -0.925. The van der Waals surface area contributed by atoms with Gasteiger partial charge in [-0.25, -0.2) is 0 Å². The summed E-state index contributed by atoms with van der Waals surface area (Å²) in [6.45, 7) is 2.25. The minimum Gasteiger partial charge on any atom is -0.550 e. The van der Waals surface area contributed by atoms with Crippen LogP contribution in [0.2, 0.25) is 0 Å². The van der Waals surface area contributed by atoms with Gasteiger partial charge in [0.15, 0.2) is 0 Å². The molecule has 0 rings (SSSR count). The van der Waals surface area contributed by atoms with Crippen molar-refractivity contribution in [3.8, 4) is 0 Å². The molecule has 0 aliphatic carbocycles. The van der Waals surface area contributed by atoms with E-state index in [1.54, 1.807) is 11.8 Å². The molecule has 0 saturated carbocycles. The number of thioether (sulfide) groups is 1. The number of unbranched alkanes of at least 4 members (excludes halogenated alkanes) is 9. The molecule has 2 nitrogen and oxygen atoms in total. The molecule has 0 fully saturated rings. The summed E-state index contributed by atoms with van der Waals surface area (Å²) in [6, 6.07) is 0. The van der Waals surface area contributed by atoms with Crippen molar-refractivity contribution in [3.63, 3.8) is 0 Å². The van der Waals surface area contributed by atoms with Crippen molar-refractivity contribution in [2.75, 3.05) is 11.5 Å². The van der Waals surface area contributed by atoms with Gasteiger partial charge in [-0.3, -0.25) is 0 Å². The summed E-state index contributed by atoms with van der Waals surface area (Å²) in [6.07, 6.45) is 13.8. The Morgan fingerprint density at radius 3 is 1.79 bits per heavy atom. The third kappa shape index (κ3) is 21.3. The Labute approximate surface area is 145 Å². The van der Waals surface area contributed by atoms with Crippen molar-refractivity contribution in [2.45, 2.75) is 77.6 Å². The fourth-order valence-corrected chi connectivity index (χ4v) is 2.87. The first-order valence-electron chi connectivity index (χ1n) is 7.55. The smallest absolute Gasteiger partial charge is 0.550 e. The fraction of sp³-hybridized carbons (Fsp3) is 0.933. The largest absolute Gasteiger partial charge is 1.00 e. The summed E-state index contributed by atoms with van der Waals surface area (Å²) in [5, 5.41) is 10.2. The molecule has 0 aromatic heterocycles. The first-order chi connectivity index (χ1) is 8.77. The molecule has 0 aliphatic heterocycles. The van der Waals surface area contributed by atoms with E-state index >= 15 is 0 Å². The van der Waals surface area contributed by atoms with Crippen LogP contribution < -0.4 is 34.7 Å². The molecule has 108 valence electrons. The molecule has 0 atom stereocenters. The molecule has 0 amide bonds. The van der Waals surface area contributed by atoms with Crippen LogP contribution in [0.5, 0.6) is 0 Å². The van der Waals surface area contributed by atoms with E-state index < -0.39 is 5.97 Å². The van der Waals surface area contributed by atoms with Crippen LogP contribution in [0, 0.1) is 0 Å². The number of carbonyl (C=O) groups is 1. The van der Waals surface area contributed by atoms with Crippen LogP contribution >= 0.6 is 11.8 Å². The van der Waals surface area contributed by atoms with Crippen LogP contribution in [-0.4, -0.2) is 17.5 Å². The predicted octanol–water partition coefficient (Wildman–Crippen LogP) is 0.785. The Kier molecular flexibility index (Phi) is 21.9. The number of carbonyl (C=O) groups excluding carboxylic acids is 1. The molecular weight excluding hydrogens is 267 g/mol. The van der Waals surface area contributed by atoms with E-state index in [2.05, 4.69) is 6.92 Å². The van der Waals surface area contributed by atoms with Crippen LogP contribution in [0.3, 0.4) is 0 Å². The number of aliphatic carboxylic acids is 1. The van der Waals surface area contributed by atoms with Crippen molar-refractivity contribution in [2.24, 2.45) is 0 Å². The molecule has 0 aromatic rings. The van der Waals surface area contributed by atoms with Gasteiger partial charge in [-0.15, -0.1) is 0 Å². The zero-order valence-electron chi connectivity index (χ0n) is 12.9. The van der Waals surface area contributed by atoms with Gasteiger partial charge in [-0.2, -0.15) is 11.8 Å². The minimum absolute atomic E-state index is 0. The molecule has 0 heterocycles. The van der Waals surface area contributed by atoms with Crippen LogP contribution in [-0.2, 0) is 4.79 Å². The Morgan fingerprint density at radius 1 is 0.842 bits per heavy atom. The average molecular weight is 296 g/mol. The molecule has 0 N–H and O–H groups in total. The molecule has 0 saturated heterocycles. The van der Waals surface area contributed by atoms with Crippen LogP contribution in [0.15, 0.2) is 0 Å². The molecule has 19 heavy (non-hydrogen) atoms. The monoisotopic (exact) mass is 296 g/mol. The Hall–Kier alpha value is 0.820. The summed E-state index contributed by atoms with van der Waals surface area (Å²) in [7, 11) is 0. The molecule has 4 heteroatoms. The quantitative estimate of drug-likeness (QED) is 0.351. The third-order valence-electron chi connectivity index (χ3n) is 3.09. The van der Waals surface area contributed by atoms with Crippen molar-refractivity contribution >= 4 is 17.7 Å². The molecule has 0 spiro atoms. The molecule has 0 bridgehead atoms. The zero-order valence-corrected chi connectivity index (χ0v) is 15.7. The first-order valence-corrected chi connectivity index (χ1v) is 8.70. The second-order valence-electron chi connectivity index (χ2n) is 4.92. The van der Waals surface area contributed by atoms with Gasteiger partial charge in [0.25, 0.3) is 0 Å². The van der Waals surface area contributed by atoms with Crippen LogP contribution in [0.1, 0.15) is 77.6 Å². The summed E-state index contributed by atoms with van der Waals surface area (Å²) in [5.41, 5.74) is 0. The maximum Gasteiger partial charge on any atom is 1.00 e. The molecular formula is C15H29NaO2S. The van der Waals surface area contributed by atoms with Crippen molar-refractivity contribution < 1.29 is 39.5 Å². The molecule has 0 radical (unpaired) electrons. The van der Waals surface area contributed by atoms with E-state index in [1.165, 1.54) is 64.2 Å². The van der Waals surface area contributed by atoms with Gasteiger partial charge >= 0.3 is 29.6 Å². The molecule has 0 aromatic carbocycles. The Balaban J connectivity index is 0. The van der Waals surface area contributed by atoms with E-state index in [-0.39, 0.29) is 36.0 Å². The summed E-state index contributed by atoms with van der Waals surface area (Å²) >= 11 is 1.74. The van der Waals surface area contributed by atoms with E-state index in [9.17, 15) is 9.90 Å². The Morgan fingerprint density at radius 2 is 1.32 bits per heavy atom. The summed E-state index contributed by atoms with van der Waals surface area (Å²) in [4.78, 5) is 10.2. The number of carboxylic acids is 1. The second-order valence-corrected chi connectivity index (χ2v) is 6.14. The van der Waals surface area contributed by atoms with E-state index in [0.717, 1.165) is 5.75 Å². The number of hydrogen-bond donors (Lipinski definition) is 0. The second kappa shape index (κ2) is 18.8. The van der Waals surface area contributed by atoms with Gasteiger partial charge in [0.2, 0.25) is 0 Å². The fourth-order valence-electron chi connectivity index (χ4n) is 1.95. The van der Waals surface area contributed by atoms with Crippen molar-refractivity contribution in [3.05, 3.63) is 0 Å². The van der Waals surface area contributed by atoms with Crippen molar-refractivity contribution in [1.82, 2.24) is 0 Å². The van der Waals surface area contributed by atoms with Gasteiger partial charge in [-0.1, -0.05) is 64.7 Å². The SMILES string of the molecule is CCCCCCCCCCCCSCCC(=O)[O-].[Na+]. The number of carboxylic acid groups (broad SMARTS) is 1. The molecule has 0 unspecified atom stereocenters. The Bertz CT molecular complexity index is 189. The third-order valence-corrected chi connectivity index (χ3v) is 4.16. The van der Waals surface area contributed by atoms with Gasteiger partial charge < -0.3 is 9.90 Å². The summed E-state index contributed by atoms with van der Waals surface area (Å²) in [5.74, 6) is 0.884. The summed E-state index contributed by atoms with van der Waals surface area (Å²) < 4.78 is 0. The maximum atomic E-state index is 10.2. The first kappa shape index (κ1) is 22.1. The van der Waals surface area contributed by atoms with Gasteiger partial charge in [0.05, 0.1) is 0 Å². The van der Waals surface area contributed by atoms with Gasteiger partial charge in [0.1, 0.15) is 0 Å².